The highest BCUT2D eigenvalue weighted by Gasteiger charge is 2.20. The number of carbonyl (C=O) groups is 1. The second-order valence-electron chi connectivity index (χ2n) is 6.90. The normalized spacial score (nSPS) is 15.1. The third kappa shape index (κ3) is 5.54. The standard InChI is InChI=1S/C19H27N5O2S/c1-4-24-17(12-23-5-7-26-8-6-23)21-22-19(24)27-13-18(25)20-16-10-14(2)9-15(3)11-16/h9-11H,4-8,12-13H2,1-3H3,(H,20,25)/p+1. The van der Waals surface area contributed by atoms with Crippen LogP contribution in [0.25, 0.3) is 0 Å². The molecule has 7 nitrogen and oxygen atoms in total. The maximum atomic E-state index is 12.3. The van der Waals surface area contributed by atoms with Crippen LogP contribution in [-0.2, 0) is 22.6 Å². The van der Waals surface area contributed by atoms with Gasteiger partial charge in [-0.15, -0.1) is 10.2 Å². The van der Waals surface area contributed by atoms with Gasteiger partial charge in [0.2, 0.25) is 5.91 Å². The van der Waals surface area contributed by atoms with Gasteiger partial charge in [-0.2, -0.15) is 0 Å². The van der Waals surface area contributed by atoms with Crippen molar-refractivity contribution in [3.05, 3.63) is 35.2 Å². The van der Waals surface area contributed by atoms with Gasteiger partial charge >= 0.3 is 0 Å². The number of hydrogen-bond acceptors (Lipinski definition) is 5. The van der Waals surface area contributed by atoms with Crippen molar-refractivity contribution in [3.8, 4) is 0 Å². The Morgan fingerprint density at radius 2 is 1.93 bits per heavy atom. The predicted molar refractivity (Wildman–Crippen MR) is 106 cm³/mol. The number of morpholine rings is 1. The smallest absolute Gasteiger partial charge is 0.234 e. The zero-order valence-corrected chi connectivity index (χ0v) is 17.1. The third-order valence-electron chi connectivity index (χ3n) is 4.56. The average molecular weight is 391 g/mol. The maximum Gasteiger partial charge on any atom is 0.234 e. The monoisotopic (exact) mass is 390 g/mol. The molecule has 1 aromatic carbocycles. The molecule has 0 saturated carbocycles. The van der Waals surface area contributed by atoms with E-state index in [2.05, 4.69) is 33.1 Å². The SMILES string of the molecule is CCn1c(C[NH+]2CCOCC2)nnc1SCC(=O)Nc1cc(C)cc(C)c1. The molecule has 1 aliphatic heterocycles. The number of anilines is 1. The number of carbonyl (C=O) groups excluding carboxylic acids is 1. The molecule has 1 fully saturated rings. The van der Waals surface area contributed by atoms with Crippen LogP contribution in [-0.4, -0.2) is 52.7 Å². The van der Waals surface area contributed by atoms with E-state index in [1.165, 1.54) is 16.7 Å². The van der Waals surface area contributed by atoms with E-state index in [0.717, 1.165) is 67.2 Å². The zero-order valence-electron chi connectivity index (χ0n) is 16.2. The number of rotatable bonds is 7. The number of ether oxygens (including phenoxy) is 1. The predicted octanol–water partition coefficient (Wildman–Crippen LogP) is 1.06. The van der Waals surface area contributed by atoms with Crippen molar-refractivity contribution in [2.24, 2.45) is 0 Å². The molecule has 2 heterocycles. The zero-order chi connectivity index (χ0) is 19.2. The summed E-state index contributed by atoms with van der Waals surface area (Å²) in [6.07, 6.45) is 0. The molecule has 0 unspecified atom stereocenters. The molecule has 1 amide bonds. The van der Waals surface area contributed by atoms with Gasteiger partial charge in [-0.05, 0) is 44.0 Å². The Morgan fingerprint density at radius 1 is 1.22 bits per heavy atom. The lowest BCUT2D eigenvalue weighted by atomic mass is 10.1. The minimum absolute atomic E-state index is 0.0315. The molecule has 146 valence electrons. The van der Waals surface area contributed by atoms with Gasteiger partial charge in [0.1, 0.15) is 19.6 Å². The molecule has 2 aromatic rings. The van der Waals surface area contributed by atoms with Crippen molar-refractivity contribution >= 4 is 23.4 Å². The topological polar surface area (TPSA) is 73.5 Å². The van der Waals surface area contributed by atoms with Crippen LogP contribution in [0.1, 0.15) is 23.9 Å². The number of nitrogens with one attached hydrogen (secondary N) is 2. The van der Waals surface area contributed by atoms with Crippen LogP contribution < -0.4 is 10.2 Å². The molecule has 0 radical (unpaired) electrons. The molecule has 8 heteroatoms. The Morgan fingerprint density at radius 3 is 2.59 bits per heavy atom. The molecule has 1 aromatic heterocycles. The van der Waals surface area contributed by atoms with Crippen molar-refractivity contribution in [1.29, 1.82) is 0 Å². The minimum Gasteiger partial charge on any atom is -0.370 e. The van der Waals surface area contributed by atoms with Gasteiger partial charge in [0.25, 0.3) is 0 Å². The van der Waals surface area contributed by atoms with Crippen LogP contribution in [0, 0.1) is 13.8 Å². The third-order valence-corrected chi connectivity index (χ3v) is 5.52. The first kappa shape index (κ1) is 19.9. The van der Waals surface area contributed by atoms with Gasteiger partial charge in [-0.3, -0.25) is 4.79 Å². The molecule has 27 heavy (non-hydrogen) atoms. The van der Waals surface area contributed by atoms with E-state index in [-0.39, 0.29) is 5.91 Å². The lowest BCUT2D eigenvalue weighted by Crippen LogP contribution is -3.12. The van der Waals surface area contributed by atoms with Gasteiger partial charge in [0, 0.05) is 12.2 Å². The maximum absolute atomic E-state index is 12.3. The molecule has 1 saturated heterocycles. The molecule has 0 bridgehead atoms. The Bertz CT molecular complexity index is 766. The summed E-state index contributed by atoms with van der Waals surface area (Å²) in [5.74, 6) is 1.26. The number of quaternary nitrogens is 1. The number of nitrogens with zero attached hydrogens (tertiary/aromatic N) is 3. The lowest BCUT2D eigenvalue weighted by molar-refractivity contribution is -0.922. The second kappa shape index (κ2) is 9.34. The first-order valence-corrected chi connectivity index (χ1v) is 10.4. The molecular weight excluding hydrogens is 362 g/mol. The number of benzene rings is 1. The van der Waals surface area contributed by atoms with Gasteiger partial charge in [0.15, 0.2) is 11.0 Å². The summed E-state index contributed by atoms with van der Waals surface area (Å²) in [6, 6.07) is 6.05. The van der Waals surface area contributed by atoms with Crippen LogP contribution in [0.4, 0.5) is 5.69 Å². The first-order chi connectivity index (χ1) is 13.0. The molecule has 0 spiro atoms. The van der Waals surface area contributed by atoms with Crippen molar-refractivity contribution in [1.82, 2.24) is 14.8 Å². The van der Waals surface area contributed by atoms with Crippen molar-refractivity contribution in [3.63, 3.8) is 0 Å². The average Bonchev–Trinajstić information content (AvgIpc) is 3.01. The van der Waals surface area contributed by atoms with Crippen molar-refractivity contribution in [2.75, 3.05) is 37.4 Å². The molecular formula is C19H28N5O2S+. The van der Waals surface area contributed by atoms with Crippen LogP contribution >= 0.6 is 11.8 Å². The van der Waals surface area contributed by atoms with E-state index in [1.54, 1.807) is 0 Å². The number of amides is 1. The van der Waals surface area contributed by atoms with Gasteiger partial charge in [-0.1, -0.05) is 17.8 Å². The summed E-state index contributed by atoms with van der Waals surface area (Å²) >= 11 is 1.43. The van der Waals surface area contributed by atoms with E-state index in [9.17, 15) is 4.79 Å². The molecule has 2 N–H and O–H groups in total. The highest BCUT2D eigenvalue weighted by molar-refractivity contribution is 7.99. The minimum atomic E-state index is -0.0315. The number of aryl methyl sites for hydroxylation is 2. The summed E-state index contributed by atoms with van der Waals surface area (Å²) in [5, 5.41) is 12.4. The van der Waals surface area contributed by atoms with Crippen LogP contribution in [0.2, 0.25) is 0 Å². The van der Waals surface area contributed by atoms with Crippen LogP contribution in [0.5, 0.6) is 0 Å². The van der Waals surface area contributed by atoms with Gasteiger partial charge in [-0.25, -0.2) is 0 Å². The number of thioether (sulfide) groups is 1. The summed E-state index contributed by atoms with van der Waals surface area (Å²) < 4.78 is 7.52. The van der Waals surface area contributed by atoms with E-state index in [4.69, 9.17) is 4.74 Å². The number of aromatic nitrogens is 3. The van der Waals surface area contributed by atoms with Gasteiger partial charge < -0.3 is 19.5 Å². The first-order valence-electron chi connectivity index (χ1n) is 9.39. The largest absolute Gasteiger partial charge is 0.370 e. The van der Waals surface area contributed by atoms with Gasteiger partial charge in [0.05, 0.1) is 19.0 Å². The summed E-state index contributed by atoms with van der Waals surface area (Å²) in [5.41, 5.74) is 3.12. The molecule has 3 rings (SSSR count). The van der Waals surface area contributed by atoms with E-state index >= 15 is 0 Å². The summed E-state index contributed by atoms with van der Waals surface area (Å²) in [7, 11) is 0. The molecule has 0 aliphatic carbocycles. The molecule has 1 aliphatic rings. The quantitative estimate of drug-likeness (QED) is 0.692. The fraction of sp³-hybridized carbons (Fsp3) is 0.526. The van der Waals surface area contributed by atoms with E-state index < -0.39 is 0 Å². The fourth-order valence-corrected chi connectivity index (χ4v) is 4.13. The van der Waals surface area contributed by atoms with E-state index in [0.29, 0.717) is 5.75 Å². The highest BCUT2D eigenvalue weighted by atomic mass is 32.2. The lowest BCUT2D eigenvalue weighted by Gasteiger charge is -2.23. The Kier molecular flexibility index (Phi) is 6.87. The van der Waals surface area contributed by atoms with Crippen LogP contribution in [0.15, 0.2) is 23.4 Å². The van der Waals surface area contributed by atoms with Crippen molar-refractivity contribution in [2.45, 2.75) is 39.0 Å². The molecule has 0 atom stereocenters. The van der Waals surface area contributed by atoms with E-state index in [1.807, 2.05) is 26.0 Å². The Labute approximate surface area is 164 Å². The Hall–Kier alpha value is -1.90. The summed E-state index contributed by atoms with van der Waals surface area (Å²) in [6.45, 7) is 11.4. The number of hydrogen-bond donors (Lipinski definition) is 2. The second-order valence-corrected chi connectivity index (χ2v) is 7.84. The van der Waals surface area contributed by atoms with Crippen LogP contribution in [0.3, 0.4) is 0 Å². The van der Waals surface area contributed by atoms with Crippen molar-refractivity contribution < 1.29 is 14.4 Å². The fourth-order valence-electron chi connectivity index (χ4n) is 3.31. The Balaban J connectivity index is 1.57. The summed E-state index contributed by atoms with van der Waals surface area (Å²) in [4.78, 5) is 13.8. The highest BCUT2D eigenvalue weighted by Crippen LogP contribution is 2.18.